The molecular weight excluding hydrogens is 182 g/mol. The van der Waals surface area contributed by atoms with Crippen LogP contribution in [-0.2, 0) is 4.74 Å². The Morgan fingerprint density at radius 3 is 2.62 bits per heavy atom. The van der Waals surface area contributed by atoms with Gasteiger partial charge in [-0.3, -0.25) is 0 Å². The van der Waals surface area contributed by atoms with Gasteiger partial charge in [0.15, 0.2) is 0 Å². The highest BCUT2D eigenvalue weighted by atomic mass is 32.1. The van der Waals surface area contributed by atoms with E-state index in [-0.39, 0.29) is 12.1 Å². The molecule has 0 aliphatic rings. The topological polar surface area (TPSA) is 35.2 Å². The minimum atomic E-state index is 0.0219. The number of thiophene rings is 1. The molecule has 1 heterocycles. The molecule has 74 valence electrons. The zero-order valence-electron chi connectivity index (χ0n) is 8.41. The summed E-state index contributed by atoms with van der Waals surface area (Å²) in [5.74, 6) is 0. The minimum absolute atomic E-state index is 0.0219. The fourth-order valence-corrected chi connectivity index (χ4v) is 2.05. The van der Waals surface area contributed by atoms with Gasteiger partial charge in [0.1, 0.15) is 0 Å². The highest BCUT2D eigenvalue weighted by Gasteiger charge is 2.10. The summed E-state index contributed by atoms with van der Waals surface area (Å²) in [7, 11) is 0. The summed E-state index contributed by atoms with van der Waals surface area (Å²) in [4.78, 5) is 0. The SMILES string of the molecule is Cc1cscc1C(N)COC(C)C. The Morgan fingerprint density at radius 2 is 2.15 bits per heavy atom. The summed E-state index contributed by atoms with van der Waals surface area (Å²) in [5.41, 5.74) is 8.45. The molecule has 2 N–H and O–H groups in total. The lowest BCUT2D eigenvalue weighted by Crippen LogP contribution is -2.19. The first kappa shape index (κ1) is 10.7. The Labute approximate surface area is 83.7 Å². The van der Waals surface area contributed by atoms with E-state index < -0.39 is 0 Å². The molecule has 1 rings (SSSR count). The van der Waals surface area contributed by atoms with Crippen molar-refractivity contribution < 1.29 is 4.74 Å². The van der Waals surface area contributed by atoms with Crippen LogP contribution in [0, 0.1) is 6.92 Å². The van der Waals surface area contributed by atoms with Gasteiger partial charge in [0, 0.05) is 0 Å². The molecule has 1 unspecified atom stereocenters. The standard InChI is InChI=1S/C10H17NOS/c1-7(2)12-4-10(11)9-6-13-5-8(9)3/h5-7,10H,4,11H2,1-3H3. The van der Waals surface area contributed by atoms with E-state index in [1.54, 1.807) is 11.3 Å². The number of hydrogen-bond acceptors (Lipinski definition) is 3. The maximum atomic E-state index is 5.97. The van der Waals surface area contributed by atoms with Crippen molar-refractivity contribution in [3.8, 4) is 0 Å². The van der Waals surface area contributed by atoms with E-state index in [0.717, 1.165) is 0 Å². The third kappa shape index (κ3) is 3.10. The summed E-state index contributed by atoms with van der Waals surface area (Å²) < 4.78 is 5.46. The largest absolute Gasteiger partial charge is 0.377 e. The first-order valence-corrected chi connectivity index (χ1v) is 5.45. The van der Waals surface area contributed by atoms with E-state index in [1.165, 1.54) is 11.1 Å². The molecule has 0 aromatic carbocycles. The molecule has 0 bridgehead atoms. The average Bonchev–Trinajstić information content (AvgIpc) is 2.47. The molecule has 0 aliphatic heterocycles. The lowest BCUT2D eigenvalue weighted by atomic mass is 10.1. The summed E-state index contributed by atoms with van der Waals surface area (Å²) in [6.45, 7) is 6.73. The first-order chi connectivity index (χ1) is 6.11. The molecular formula is C10H17NOS. The molecule has 0 saturated carbocycles. The van der Waals surface area contributed by atoms with Crippen LogP contribution in [0.3, 0.4) is 0 Å². The fourth-order valence-electron chi connectivity index (χ4n) is 1.14. The maximum absolute atomic E-state index is 5.97. The summed E-state index contributed by atoms with van der Waals surface area (Å²) in [5, 5.41) is 4.22. The second kappa shape index (κ2) is 4.74. The van der Waals surface area contributed by atoms with Crippen LogP contribution in [0.4, 0.5) is 0 Å². The van der Waals surface area contributed by atoms with Crippen molar-refractivity contribution in [3.05, 3.63) is 21.9 Å². The van der Waals surface area contributed by atoms with Gasteiger partial charge in [0.05, 0.1) is 18.8 Å². The Balaban J connectivity index is 2.49. The second-order valence-corrected chi connectivity index (χ2v) is 4.24. The van der Waals surface area contributed by atoms with Crippen LogP contribution in [0.1, 0.15) is 31.0 Å². The molecule has 0 spiro atoms. The van der Waals surface area contributed by atoms with Crippen molar-refractivity contribution in [2.75, 3.05) is 6.61 Å². The van der Waals surface area contributed by atoms with E-state index in [2.05, 4.69) is 17.7 Å². The number of hydrogen-bond donors (Lipinski definition) is 1. The maximum Gasteiger partial charge on any atom is 0.0663 e. The van der Waals surface area contributed by atoms with Crippen molar-refractivity contribution in [2.45, 2.75) is 32.9 Å². The van der Waals surface area contributed by atoms with Crippen LogP contribution in [0.5, 0.6) is 0 Å². The zero-order valence-corrected chi connectivity index (χ0v) is 9.23. The molecule has 1 aromatic heterocycles. The molecule has 13 heavy (non-hydrogen) atoms. The van der Waals surface area contributed by atoms with Gasteiger partial charge in [-0.15, -0.1) is 0 Å². The highest BCUT2D eigenvalue weighted by Crippen LogP contribution is 2.20. The van der Waals surface area contributed by atoms with Gasteiger partial charge in [-0.25, -0.2) is 0 Å². The fraction of sp³-hybridized carbons (Fsp3) is 0.600. The summed E-state index contributed by atoms with van der Waals surface area (Å²) in [6, 6.07) is 0.0219. The lowest BCUT2D eigenvalue weighted by Gasteiger charge is -2.14. The molecule has 1 aromatic rings. The molecule has 0 amide bonds. The number of ether oxygens (including phenoxy) is 1. The number of nitrogens with two attached hydrogens (primary N) is 1. The minimum Gasteiger partial charge on any atom is -0.377 e. The third-order valence-corrected chi connectivity index (χ3v) is 2.78. The average molecular weight is 199 g/mol. The molecule has 1 atom stereocenters. The van der Waals surface area contributed by atoms with E-state index >= 15 is 0 Å². The predicted molar refractivity (Wildman–Crippen MR) is 57.1 cm³/mol. The molecule has 0 radical (unpaired) electrons. The second-order valence-electron chi connectivity index (χ2n) is 3.50. The Morgan fingerprint density at radius 1 is 1.46 bits per heavy atom. The predicted octanol–water partition coefficient (Wildman–Crippen LogP) is 2.48. The van der Waals surface area contributed by atoms with Gasteiger partial charge < -0.3 is 10.5 Å². The van der Waals surface area contributed by atoms with E-state index in [4.69, 9.17) is 10.5 Å². The zero-order chi connectivity index (χ0) is 9.84. The van der Waals surface area contributed by atoms with Gasteiger partial charge in [-0.05, 0) is 42.7 Å². The van der Waals surface area contributed by atoms with Crippen LogP contribution in [0.15, 0.2) is 10.8 Å². The number of rotatable bonds is 4. The van der Waals surface area contributed by atoms with Crippen LogP contribution < -0.4 is 5.73 Å². The van der Waals surface area contributed by atoms with Crippen molar-refractivity contribution >= 4 is 11.3 Å². The molecule has 0 saturated heterocycles. The smallest absolute Gasteiger partial charge is 0.0663 e. The van der Waals surface area contributed by atoms with Gasteiger partial charge in [0.25, 0.3) is 0 Å². The quantitative estimate of drug-likeness (QED) is 0.808. The highest BCUT2D eigenvalue weighted by molar-refractivity contribution is 7.08. The van der Waals surface area contributed by atoms with Gasteiger partial charge in [0.2, 0.25) is 0 Å². The van der Waals surface area contributed by atoms with Crippen LogP contribution in [0.2, 0.25) is 0 Å². The monoisotopic (exact) mass is 199 g/mol. The Bertz CT molecular complexity index is 257. The van der Waals surface area contributed by atoms with Gasteiger partial charge >= 0.3 is 0 Å². The van der Waals surface area contributed by atoms with Crippen molar-refractivity contribution in [2.24, 2.45) is 5.73 Å². The summed E-state index contributed by atoms with van der Waals surface area (Å²) >= 11 is 1.69. The van der Waals surface area contributed by atoms with Crippen molar-refractivity contribution in [3.63, 3.8) is 0 Å². The first-order valence-electron chi connectivity index (χ1n) is 4.51. The third-order valence-electron chi connectivity index (χ3n) is 1.90. The van der Waals surface area contributed by atoms with Crippen molar-refractivity contribution in [1.82, 2.24) is 0 Å². The Kier molecular flexibility index (Phi) is 3.90. The van der Waals surface area contributed by atoms with E-state index in [0.29, 0.717) is 6.61 Å². The van der Waals surface area contributed by atoms with Gasteiger partial charge in [-0.1, -0.05) is 0 Å². The van der Waals surface area contributed by atoms with Crippen LogP contribution in [0.25, 0.3) is 0 Å². The van der Waals surface area contributed by atoms with Gasteiger partial charge in [-0.2, -0.15) is 11.3 Å². The van der Waals surface area contributed by atoms with Crippen LogP contribution >= 0.6 is 11.3 Å². The Hall–Kier alpha value is -0.380. The molecule has 0 fully saturated rings. The molecule has 3 heteroatoms. The number of aryl methyl sites for hydroxylation is 1. The summed E-state index contributed by atoms with van der Waals surface area (Å²) in [6.07, 6.45) is 0.255. The lowest BCUT2D eigenvalue weighted by molar-refractivity contribution is 0.0683. The molecule has 0 aliphatic carbocycles. The van der Waals surface area contributed by atoms with E-state index in [1.807, 2.05) is 13.8 Å². The van der Waals surface area contributed by atoms with E-state index in [9.17, 15) is 0 Å². The van der Waals surface area contributed by atoms with Crippen molar-refractivity contribution in [1.29, 1.82) is 0 Å². The molecule has 2 nitrogen and oxygen atoms in total. The normalized spacial score (nSPS) is 13.6. The van der Waals surface area contributed by atoms with Crippen LogP contribution in [-0.4, -0.2) is 12.7 Å².